The average Bonchev–Trinajstić information content (AvgIpc) is 3.13. The van der Waals surface area contributed by atoms with Gasteiger partial charge in [-0.3, -0.25) is 0 Å². The van der Waals surface area contributed by atoms with Gasteiger partial charge in [-0.15, -0.1) is 0 Å². The van der Waals surface area contributed by atoms with Crippen LogP contribution in [0.4, 0.5) is 0 Å². The smallest absolute Gasteiger partial charge is 0.138 e. The van der Waals surface area contributed by atoms with Crippen molar-refractivity contribution in [3.05, 3.63) is 66.4 Å². The summed E-state index contributed by atoms with van der Waals surface area (Å²) in [6, 6.07) is 20.2. The van der Waals surface area contributed by atoms with Crippen LogP contribution in [0.2, 0.25) is 0 Å². The summed E-state index contributed by atoms with van der Waals surface area (Å²) in [5.74, 6) is 2.70. The summed E-state index contributed by atoms with van der Waals surface area (Å²) < 4.78 is 5.64. The number of hydrogen-bond donors (Lipinski definition) is 1. The third-order valence-corrected chi connectivity index (χ3v) is 3.57. The van der Waals surface area contributed by atoms with Crippen LogP contribution in [-0.4, -0.2) is 9.97 Å². The zero-order valence-corrected chi connectivity index (χ0v) is 11.6. The molecular weight excluding hydrogens is 260 g/mol. The first-order chi connectivity index (χ1) is 10.3. The highest BCUT2D eigenvalue weighted by Crippen LogP contribution is 2.26. The Morgan fingerprint density at radius 3 is 2.33 bits per heavy atom. The van der Waals surface area contributed by atoms with Crippen molar-refractivity contribution >= 4 is 11.0 Å². The van der Waals surface area contributed by atoms with E-state index in [2.05, 4.69) is 34.2 Å². The van der Waals surface area contributed by atoms with E-state index in [9.17, 15) is 0 Å². The van der Waals surface area contributed by atoms with Crippen molar-refractivity contribution in [2.24, 2.45) is 0 Å². The molecule has 1 N–H and O–H groups in total. The van der Waals surface area contributed by atoms with Crippen molar-refractivity contribution < 1.29 is 4.42 Å². The molecule has 0 aliphatic rings. The van der Waals surface area contributed by atoms with Gasteiger partial charge in [-0.25, -0.2) is 4.98 Å². The SMILES string of the molecule is Cc1ccc(-c2ccc(-c3nc4ccccc4[nH]3)cc2)o1. The van der Waals surface area contributed by atoms with E-state index in [-0.39, 0.29) is 0 Å². The lowest BCUT2D eigenvalue weighted by atomic mass is 10.1. The van der Waals surface area contributed by atoms with Crippen LogP contribution in [0.3, 0.4) is 0 Å². The molecule has 21 heavy (non-hydrogen) atoms. The molecule has 102 valence electrons. The first-order valence-corrected chi connectivity index (χ1v) is 6.91. The summed E-state index contributed by atoms with van der Waals surface area (Å²) in [7, 11) is 0. The molecule has 2 heterocycles. The molecule has 0 spiro atoms. The van der Waals surface area contributed by atoms with Crippen LogP contribution in [0.1, 0.15) is 5.76 Å². The van der Waals surface area contributed by atoms with E-state index in [1.807, 2.05) is 43.3 Å². The Hall–Kier alpha value is -2.81. The Kier molecular flexibility index (Phi) is 2.64. The van der Waals surface area contributed by atoms with E-state index < -0.39 is 0 Å². The molecule has 0 radical (unpaired) electrons. The van der Waals surface area contributed by atoms with Crippen molar-refractivity contribution in [2.75, 3.05) is 0 Å². The minimum atomic E-state index is 0.887. The van der Waals surface area contributed by atoms with E-state index in [4.69, 9.17) is 4.42 Å². The second-order valence-electron chi connectivity index (χ2n) is 5.09. The minimum absolute atomic E-state index is 0.887. The van der Waals surface area contributed by atoms with E-state index in [1.165, 1.54) is 0 Å². The minimum Gasteiger partial charge on any atom is -0.461 e. The zero-order chi connectivity index (χ0) is 14.2. The molecule has 0 aliphatic carbocycles. The molecule has 0 aliphatic heterocycles. The highest BCUT2D eigenvalue weighted by molar-refractivity contribution is 5.79. The summed E-state index contributed by atoms with van der Waals surface area (Å²) in [5.41, 5.74) is 4.18. The molecule has 3 heteroatoms. The van der Waals surface area contributed by atoms with Gasteiger partial charge in [0.25, 0.3) is 0 Å². The monoisotopic (exact) mass is 274 g/mol. The first kappa shape index (κ1) is 12.0. The molecule has 0 saturated heterocycles. The summed E-state index contributed by atoms with van der Waals surface area (Å²) in [4.78, 5) is 7.95. The number of aromatic amines is 1. The molecule has 2 aromatic carbocycles. The van der Waals surface area contributed by atoms with Gasteiger partial charge in [0, 0.05) is 11.1 Å². The van der Waals surface area contributed by atoms with Crippen LogP contribution in [0.25, 0.3) is 33.7 Å². The van der Waals surface area contributed by atoms with E-state index in [0.29, 0.717) is 0 Å². The molecule has 4 aromatic rings. The van der Waals surface area contributed by atoms with Gasteiger partial charge in [0.15, 0.2) is 0 Å². The topological polar surface area (TPSA) is 41.8 Å². The molecule has 0 unspecified atom stereocenters. The van der Waals surface area contributed by atoms with Crippen LogP contribution in [-0.2, 0) is 0 Å². The second kappa shape index (κ2) is 4.63. The maximum Gasteiger partial charge on any atom is 0.138 e. The Bertz CT molecular complexity index is 867. The summed E-state index contributed by atoms with van der Waals surface area (Å²) in [6.45, 7) is 1.95. The third kappa shape index (κ3) is 2.13. The number of benzene rings is 2. The summed E-state index contributed by atoms with van der Waals surface area (Å²) in [5, 5.41) is 0. The van der Waals surface area contributed by atoms with Gasteiger partial charge in [0.05, 0.1) is 11.0 Å². The highest BCUT2D eigenvalue weighted by atomic mass is 16.3. The average molecular weight is 274 g/mol. The Labute approximate surface area is 122 Å². The fraction of sp³-hybridized carbons (Fsp3) is 0.0556. The fourth-order valence-corrected chi connectivity index (χ4v) is 2.47. The Balaban J connectivity index is 1.72. The number of aryl methyl sites for hydroxylation is 1. The molecule has 0 atom stereocenters. The maximum atomic E-state index is 5.64. The lowest BCUT2D eigenvalue weighted by Crippen LogP contribution is -1.81. The van der Waals surface area contributed by atoms with Crippen LogP contribution in [0.5, 0.6) is 0 Å². The molecular formula is C18H14N2O. The van der Waals surface area contributed by atoms with Crippen molar-refractivity contribution in [2.45, 2.75) is 6.92 Å². The van der Waals surface area contributed by atoms with Gasteiger partial charge in [-0.2, -0.15) is 0 Å². The van der Waals surface area contributed by atoms with Gasteiger partial charge in [-0.1, -0.05) is 36.4 Å². The molecule has 0 saturated carbocycles. The number of imidazole rings is 1. The lowest BCUT2D eigenvalue weighted by Gasteiger charge is -1.99. The number of fused-ring (bicyclic) bond motifs is 1. The quantitative estimate of drug-likeness (QED) is 0.570. The molecule has 4 rings (SSSR count). The second-order valence-corrected chi connectivity index (χ2v) is 5.09. The molecule has 0 amide bonds. The number of para-hydroxylation sites is 2. The number of aromatic nitrogens is 2. The Morgan fingerprint density at radius 1 is 0.857 bits per heavy atom. The standard InChI is InChI=1S/C18H14N2O/c1-12-6-11-17(21-12)13-7-9-14(10-8-13)18-19-15-4-2-3-5-16(15)20-18/h2-11H,1H3,(H,19,20). The number of furan rings is 1. The van der Waals surface area contributed by atoms with Gasteiger partial charge in [0.2, 0.25) is 0 Å². The largest absolute Gasteiger partial charge is 0.461 e. The van der Waals surface area contributed by atoms with Crippen molar-refractivity contribution in [1.82, 2.24) is 9.97 Å². The number of hydrogen-bond acceptors (Lipinski definition) is 2. The van der Waals surface area contributed by atoms with Crippen LogP contribution >= 0.6 is 0 Å². The van der Waals surface area contributed by atoms with E-state index in [1.54, 1.807) is 0 Å². The van der Waals surface area contributed by atoms with Gasteiger partial charge >= 0.3 is 0 Å². The summed E-state index contributed by atoms with van der Waals surface area (Å²) in [6.07, 6.45) is 0. The molecule has 0 fully saturated rings. The lowest BCUT2D eigenvalue weighted by molar-refractivity contribution is 0.548. The van der Waals surface area contributed by atoms with Crippen molar-refractivity contribution in [3.8, 4) is 22.7 Å². The number of rotatable bonds is 2. The molecule has 0 bridgehead atoms. The van der Waals surface area contributed by atoms with Gasteiger partial charge in [-0.05, 0) is 31.2 Å². The predicted octanol–water partition coefficient (Wildman–Crippen LogP) is 4.80. The van der Waals surface area contributed by atoms with Crippen LogP contribution < -0.4 is 0 Å². The predicted molar refractivity (Wildman–Crippen MR) is 84.0 cm³/mol. The first-order valence-electron chi connectivity index (χ1n) is 6.91. The maximum absolute atomic E-state index is 5.64. The number of nitrogens with one attached hydrogen (secondary N) is 1. The Morgan fingerprint density at radius 2 is 1.62 bits per heavy atom. The third-order valence-electron chi connectivity index (χ3n) is 3.57. The molecule has 3 nitrogen and oxygen atoms in total. The number of H-pyrrole nitrogens is 1. The number of nitrogens with zero attached hydrogens (tertiary/aromatic N) is 1. The summed E-state index contributed by atoms with van der Waals surface area (Å²) >= 11 is 0. The highest BCUT2D eigenvalue weighted by Gasteiger charge is 2.06. The van der Waals surface area contributed by atoms with Gasteiger partial charge < -0.3 is 9.40 Å². The van der Waals surface area contributed by atoms with E-state index in [0.717, 1.165) is 39.5 Å². The fourth-order valence-electron chi connectivity index (χ4n) is 2.47. The van der Waals surface area contributed by atoms with Gasteiger partial charge in [0.1, 0.15) is 17.3 Å². The molecule has 2 aromatic heterocycles. The zero-order valence-electron chi connectivity index (χ0n) is 11.6. The van der Waals surface area contributed by atoms with Crippen LogP contribution in [0.15, 0.2) is 65.1 Å². The van der Waals surface area contributed by atoms with Crippen LogP contribution in [0, 0.1) is 6.92 Å². The normalized spacial score (nSPS) is 11.1. The van der Waals surface area contributed by atoms with Crippen molar-refractivity contribution in [1.29, 1.82) is 0 Å². The van der Waals surface area contributed by atoms with E-state index >= 15 is 0 Å². The van der Waals surface area contributed by atoms with Crippen molar-refractivity contribution in [3.63, 3.8) is 0 Å².